The number of aromatic nitrogens is 2. The third-order valence-corrected chi connectivity index (χ3v) is 4.68. The van der Waals surface area contributed by atoms with E-state index in [9.17, 15) is 4.79 Å². The lowest BCUT2D eigenvalue weighted by Crippen LogP contribution is -2.43. The second-order valence-electron chi connectivity index (χ2n) is 6.16. The third-order valence-electron chi connectivity index (χ3n) is 4.68. The van der Waals surface area contributed by atoms with E-state index in [0.717, 1.165) is 23.4 Å². The van der Waals surface area contributed by atoms with Gasteiger partial charge in [-0.1, -0.05) is 0 Å². The first-order valence-electron chi connectivity index (χ1n) is 8.49. The highest BCUT2D eigenvalue weighted by Crippen LogP contribution is 2.33. The van der Waals surface area contributed by atoms with Crippen molar-refractivity contribution in [2.24, 2.45) is 7.05 Å². The average Bonchev–Trinajstić information content (AvgIpc) is 3.10. The van der Waals surface area contributed by atoms with Crippen LogP contribution in [0, 0.1) is 25.2 Å². The zero-order chi connectivity index (χ0) is 17.7. The van der Waals surface area contributed by atoms with Crippen LogP contribution in [0.4, 0.5) is 0 Å². The molecule has 1 aromatic rings. The second kappa shape index (κ2) is 8.27. The fraction of sp³-hybridized carbons (Fsp3) is 0.706. The molecule has 0 aliphatic carbocycles. The number of carbonyl (C=O) groups excluding carboxylic acids is 1. The van der Waals surface area contributed by atoms with E-state index in [0.29, 0.717) is 26.1 Å². The smallest absolute Gasteiger partial charge is 0.236 e. The maximum absolute atomic E-state index is 12.3. The molecule has 0 unspecified atom stereocenters. The molecule has 1 N–H and O–H groups in total. The predicted molar refractivity (Wildman–Crippen MR) is 90.3 cm³/mol. The molecule has 2 heterocycles. The Hall–Kier alpha value is -1.91. The molecule has 7 nitrogen and oxygen atoms in total. The van der Waals surface area contributed by atoms with E-state index in [4.69, 9.17) is 10.00 Å². The first-order valence-corrected chi connectivity index (χ1v) is 8.49. The van der Waals surface area contributed by atoms with Crippen molar-refractivity contribution < 1.29 is 9.53 Å². The SMILES string of the molecule is CCN(CCC#N)C(=O)CN[C@H]1CCO[C@@H]1c1c(C)nn(C)c1C. The van der Waals surface area contributed by atoms with Crippen LogP contribution >= 0.6 is 0 Å². The molecule has 1 aromatic heterocycles. The van der Waals surface area contributed by atoms with Gasteiger partial charge in [-0.05, 0) is 27.2 Å². The minimum absolute atomic E-state index is 0.0260. The molecule has 1 aliphatic rings. The van der Waals surface area contributed by atoms with Crippen LogP contribution in [0.1, 0.15) is 42.8 Å². The summed E-state index contributed by atoms with van der Waals surface area (Å²) >= 11 is 0. The van der Waals surface area contributed by atoms with Crippen molar-refractivity contribution in [3.05, 3.63) is 17.0 Å². The van der Waals surface area contributed by atoms with Crippen LogP contribution in [0.15, 0.2) is 0 Å². The Kier molecular flexibility index (Phi) is 6.35. The van der Waals surface area contributed by atoms with Gasteiger partial charge in [-0.3, -0.25) is 9.48 Å². The van der Waals surface area contributed by atoms with E-state index < -0.39 is 0 Å². The molecule has 2 rings (SSSR count). The number of amides is 1. The number of hydrogen-bond acceptors (Lipinski definition) is 5. The van der Waals surface area contributed by atoms with Gasteiger partial charge in [0.05, 0.1) is 24.7 Å². The van der Waals surface area contributed by atoms with Crippen LogP contribution < -0.4 is 5.32 Å². The largest absolute Gasteiger partial charge is 0.372 e. The molecule has 24 heavy (non-hydrogen) atoms. The minimum Gasteiger partial charge on any atom is -0.372 e. The summed E-state index contributed by atoms with van der Waals surface area (Å²) in [6.45, 7) is 8.01. The number of nitrogens with one attached hydrogen (secondary N) is 1. The quantitative estimate of drug-likeness (QED) is 0.811. The molecular formula is C17H27N5O2. The van der Waals surface area contributed by atoms with Crippen molar-refractivity contribution in [2.75, 3.05) is 26.2 Å². The molecule has 0 saturated carbocycles. The standard InChI is InChI=1S/C17H27N5O2/c1-5-22(9-6-8-18)15(23)11-19-14-7-10-24-17(14)16-12(2)20-21(4)13(16)3/h14,17,19H,5-7,9-11H2,1-4H3/t14-,17-/m0/s1. The molecule has 1 fully saturated rings. The van der Waals surface area contributed by atoms with E-state index in [1.807, 2.05) is 32.5 Å². The highest BCUT2D eigenvalue weighted by atomic mass is 16.5. The van der Waals surface area contributed by atoms with Gasteiger partial charge in [-0.15, -0.1) is 0 Å². The molecule has 0 radical (unpaired) electrons. The monoisotopic (exact) mass is 333 g/mol. The number of carbonyl (C=O) groups is 1. The summed E-state index contributed by atoms with van der Waals surface area (Å²) in [4.78, 5) is 14.0. The van der Waals surface area contributed by atoms with E-state index in [1.165, 1.54) is 0 Å². The van der Waals surface area contributed by atoms with Gasteiger partial charge >= 0.3 is 0 Å². The summed E-state index contributed by atoms with van der Waals surface area (Å²) < 4.78 is 7.80. The van der Waals surface area contributed by atoms with E-state index >= 15 is 0 Å². The lowest BCUT2D eigenvalue weighted by molar-refractivity contribution is -0.130. The number of nitrogens with zero attached hydrogens (tertiary/aromatic N) is 4. The van der Waals surface area contributed by atoms with Crippen LogP contribution in [-0.2, 0) is 16.6 Å². The molecule has 1 aliphatic heterocycles. The Morgan fingerprint density at radius 1 is 1.54 bits per heavy atom. The van der Waals surface area contributed by atoms with E-state index in [1.54, 1.807) is 4.90 Å². The topological polar surface area (TPSA) is 83.2 Å². The Morgan fingerprint density at radius 3 is 2.88 bits per heavy atom. The Bertz CT molecular complexity index is 619. The number of rotatable bonds is 7. The summed E-state index contributed by atoms with van der Waals surface area (Å²) in [6.07, 6.45) is 1.17. The molecule has 0 aromatic carbocycles. The predicted octanol–water partition coefficient (Wildman–Crippen LogP) is 1.22. The summed E-state index contributed by atoms with van der Waals surface area (Å²) in [5.74, 6) is 0.0260. The zero-order valence-electron chi connectivity index (χ0n) is 15.0. The lowest BCUT2D eigenvalue weighted by Gasteiger charge is -2.23. The van der Waals surface area contributed by atoms with Crippen molar-refractivity contribution >= 4 is 5.91 Å². The maximum atomic E-state index is 12.3. The average molecular weight is 333 g/mol. The number of likely N-dealkylation sites (N-methyl/N-ethyl adjacent to an activating group) is 1. The zero-order valence-corrected chi connectivity index (χ0v) is 15.0. The van der Waals surface area contributed by atoms with Crippen LogP contribution in [-0.4, -0.2) is 52.9 Å². The Morgan fingerprint density at radius 2 is 2.29 bits per heavy atom. The van der Waals surface area contributed by atoms with Crippen molar-refractivity contribution in [3.63, 3.8) is 0 Å². The number of ether oxygens (including phenoxy) is 1. The highest BCUT2D eigenvalue weighted by Gasteiger charge is 2.33. The van der Waals surface area contributed by atoms with Crippen LogP contribution in [0.2, 0.25) is 0 Å². The number of nitriles is 1. The van der Waals surface area contributed by atoms with Gasteiger partial charge < -0.3 is 15.0 Å². The van der Waals surface area contributed by atoms with Crippen molar-refractivity contribution in [1.82, 2.24) is 20.0 Å². The maximum Gasteiger partial charge on any atom is 0.236 e. The molecule has 0 spiro atoms. The molecular weight excluding hydrogens is 306 g/mol. The lowest BCUT2D eigenvalue weighted by atomic mass is 10.0. The van der Waals surface area contributed by atoms with Crippen molar-refractivity contribution in [3.8, 4) is 6.07 Å². The molecule has 7 heteroatoms. The molecule has 132 valence electrons. The second-order valence-corrected chi connectivity index (χ2v) is 6.16. The van der Waals surface area contributed by atoms with Gasteiger partial charge in [0.15, 0.2) is 0 Å². The van der Waals surface area contributed by atoms with Crippen LogP contribution in [0.25, 0.3) is 0 Å². The first kappa shape index (κ1) is 18.4. The Labute approximate surface area is 143 Å². The van der Waals surface area contributed by atoms with E-state index in [-0.39, 0.29) is 24.6 Å². The van der Waals surface area contributed by atoms with Crippen LogP contribution in [0.5, 0.6) is 0 Å². The van der Waals surface area contributed by atoms with Gasteiger partial charge in [-0.25, -0.2) is 0 Å². The highest BCUT2D eigenvalue weighted by molar-refractivity contribution is 5.78. The van der Waals surface area contributed by atoms with Gasteiger partial charge in [-0.2, -0.15) is 10.4 Å². The third kappa shape index (κ3) is 3.94. The van der Waals surface area contributed by atoms with E-state index in [2.05, 4.69) is 16.5 Å². The van der Waals surface area contributed by atoms with Gasteiger partial charge in [0.2, 0.25) is 5.91 Å². The summed E-state index contributed by atoms with van der Waals surface area (Å²) in [6, 6.07) is 2.19. The fourth-order valence-corrected chi connectivity index (χ4v) is 3.26. The molecule has 1 amide bonds. The van der Waals surface area contributed by atoms with Gasteiger partial charge in [0.1, 0.15) is 6.10 Å². The van der Waals surface area contributed by atoms with Crippen LogP contribution in [0.3, 0.4) is 0 Å². The summed E-state index contributed by atoms with van der Waals surface area (Å²) in [5.41, 5.74) is 3.20. The van der Waals surface area contributed by atoms with Crippen molar-refractivity contribution in [2.45, 2.75) is 45.8 Å². The summed E-state index contributed by atoms with van der Waals surface area (Å²) in [5, 5.41) is 16.5. The number of hydrogen-bond donors (Lipinski definition) is 1. The summed E-state index contributed by atoms with van der Waals surface area (Å²) in [7, 11) is 1.93. The molecule has 0 bridgehead atoms. The minimum atomic E-state index is -0.0688. The normalized spacial score (nSPS) is 20.1. The Balaban J connectivity index is 1.99. The van der Waals surface area contributed by atoms with Gasteiger partial charge in [0, 0.05) is 44.0 Å². The van der Waals surface area contributed by atoms with Gasteiger partial charge in [0.25, 0.3) is 0 Å². The number of aryl methyl sites for hydroxylation is 2. The fourth-order valence-electron chi connectivity index (χ4n) is 3.26. The molecule has 1 saturated heterocycles. The first-order chi connectivity index (χ1) is 11.5. The molecule has 2 atom stereocenters. The van der Waals surface area contributed by atoms with Crippen molar-refractivity contribution in [1.29, 1.82) is 5.26 Å².